The predicted octanol–water partition coefficient (Wildman–Crippen LogP) is 5.41. The molecule has 6 heteroatoms. The fourth-order valence-electron chi connectivity index (χ4n) is 3.19. The third-order valence-electron chi connectivity index (χ3n) is 4.27. The van der Waals surface area contributed by atoms with Gasteiger partial charge in [-0.25, -0.2) is 9.97 Å². The fraction of sp³-hybridized carbons (Fsp3) is 0.158. The number of hydrogen-bond donors (Lipinski definition) is 1. The number of aryl methyl sites for hydroxylation is 2. The van der Waals surface area contributed by atoms with Crippen LogP contribution < -0.4 is 0 Å². The van der Waals surface area contributed by atoms with Crippen LogP contribution in [0.25, 0.3) is 33.1 Å². The second-order valence-electron chi connectivity index (χ2n) is 6.15. The first-order valence-electron chi connectivity index (χ1n) is 7.76. The van der Waals surface area contributed by atoms with Gasteiger partial charge >= 0.3 is 6.18 Å². The van der Waals surface area contributed by atoms with Gasteiger partial charge in [-0.2, -0.15) is 13.2 Å². The van der Waals surface area contributed by atoms with Crippen LogP contribution in [-0.2, 0) is 6.18 Å². The molecule has 0 aliphatic rings. The van der Waals surface area contributed by atoms with E-state index in [-0.39, 0.29) is 10.9 Å². The lowest BCUT2D eigenvalue weighted by molar-refractivity contribution is -0.135. The standard InChI is InChI=1S/C19H14F3N3/c1-10-3-5-13-12(7-10)8-14-17(15-6-4-11(2)25-15)23-9-24-18(14)16(13)19(20,21)22/h3-9,25H,1-2H3. The van der Waals surface area contributed by atoms with Crippen molar-refractivity contribution in [2.75, 3.05) is 0 Å². The number of aromatic nitrogens is 3. The van der Waals surface area contributed by atoms with Crippen LogP contribution in [0.15, 0.2) is 42.7 Å². The van der Waals surface area contributed by atoms with Gasteiger partial charge in [-0.3, -0.25) is 0 Å². The first-order chi connectivity index (χ1) is 11.8. The van der Waals surface area contributed by atoms with Crippen LogP contribution in [-0.4, -0.2) is 15.0 Å². The van der Waals surface area contributed by atoms with E-state index in [9.17, 15) is 13.2 Å². The summed E-state index contributed by atoms with van der Waals surface area (Å²) in [6.45, 7) is 3.74. The van der Waals surface area contributed by atoms with E-state index < -0.39 is 11.7 Å². The zero-order valence-corrected chi connectivity index (χ0v) is 13.6. The number of rotatable bonds is 1. The van der Waals surface area contributed by atoms with Gasteiger partial charge < -0.3 is 4.98 Å². The van der Waals surface area contributed by atoms with E-state index in [1.165, 1.54) is 12.4 Å². The van der Waals surface area contributed by atoms with Gasteiger partial charge in [0.1, 0.15) is 6.33 Å². The van der Waals surface area contributed by atoms with Crippen LogP contribution in [0.5, 0.6) is 0 Å². The molecule has 0 amide bonds. The lowest BCUT2D eigenvalue weighted by atomic mass is 9.97. The van der Waals surface area contributed by atoms with Crippen molar-refractivity contribution >= 4 is 21.7 Å². The summed E-state index contributed by atoms with van der Waals surface area (Å²) in [4.78, 5) is 11.3. The van der Waals surface area contributed by atoms with Gasteiger partial charge in [-0.15, -0.1) is 0 Å². The molecule has 0 aliphatic heterocycles. The molecule has 0 atom stereocenters. The van der Waals surface area contributed by atoms with E-state index in [1.54, 1.807) is 18.2 Å². The lowest BCUT2D eigenvalue weighted by Gasteiger charge is -2.15. The summed E-state index contributed by atoms with van der Waals surface area (Å²) in [5.74, 6) is 0. The Morgan fingerprint density at radius 3 is 2.40 bits per heavy atom. The quantitative estimate of drug-likeness (QED) is 0.470. The lowest BCUT2D eigenvalue weighted by Crippen LogP contribution is -2.08. The number of fused-ring (bicyclic) bond motifs is 2. The van der Waals surface area contributed by atoms with E-state index in [0.717, 1.165) is 11.3 Å². The molecule has 4 aromatic rings. The van der Waals surface area contributed by atoms with Crippen LogP contribution >= 0.6 is 0 Å². The molecule has 25 heavy (non-hydrogen) atoms. The van der Waals surface area contributed by atoms with Crippen LogP contribution in [0.2, 0.25) is 0 Å². The molecule has 4 rings (SSSR count). The number of alkyl halides is 3. The summed E-state index contributed by atoms with van der Waals surface area (Å²) < 4.78 is 41.5. The average molecular weight is 341 g/mol. The first-order valence-corrected chi connectivity index (χ1v) is 7.76. The number of aromatic amines is 1. The van der Waals surface area contributed by atoms with Gasteiger partial charge in [-0.1, -0.05) is 23.8 Å². The molecule has 0 unspecified atom stereocenters. The van der Waals surface area contributed by atoms with E-state index in [4.69, 9.17) is 0 Å². The molecule has 1 N–H and O–H groups in total. The smallest absolute Gasteiger partial charge is 0.357 e. The number of H-pyrrole nitrogens is 1. The number of benzene rings is 2. The van der Waals surface area contributed by atoms with E-state index in [2.05, 4.69) is 15.0 Å². The monoisotopic (exact) mass is 341 g/mol. The SMILES string of the molecule is Cc1ccc2c(C(F)(F)F)c3ncnc(-c4ccc(C)[nH]4)c3cc2c1. The van der Waals surface area contributed by atoms with E-state index >= 15 is 0 Å². The van der Waals surface area contributed by atoms with Crippen molar-refractivity contribution in [3.05, 3.63) is 59.5 Å². The van der Waals surface area contributed by atoms with Crippen molar-refractivity contribution < 1.29 is 13.2 Å². The Labute approximate surface area is 141 Å². The molecule has 0 saturated carbocycles. The zero-order chi connectivity index (χ0) is 17.8. The third kappa shape index (κ3) is 2.54. The minimum absolute atomic E-state index is 0.0823. The molecule has 0 spiro atoms. The summed E-state index contributed by atoms with van der Waals surface area (Å²) in [7, 11) is 0. The highest BCUT2D eigenvalue weighted by Gasteiger charge is 2.36. The molecule has 0 aliphatic carbocycles. The summed E-state index contributed by atoms with van der Waals surface area (Å²) in [5.41, 5.74) is 2.15. The van der Waals surface area contributed by atoms with Crippen LogP contribution in [0.1, 0.15) is 16.8 Å². The van der Waals surface area contributed by atoms with E-state index in [1.807, 2.05) is 26.0 Å². The van der Waals surface area contributed by atoms with Crippen molar-refractivity contribution in [3.63, 3.8) is 0 Å². The zero-order valence-electron chi connectivity index (χ0n) is 13.6. The maximum absolute atomic E-state index is 13.8. The maximum atomic E-state index is 13.8. The summed E-state index contributed by atoms with van der Waals surface area (Å²) >= 11 is 0. The van der Waals surface area contributed by atoms with Crippen molar-refractivity contribution in [3.8, 4) is 11.4 Å². The summed E-state index contributed by atoms with van der Waals surface area (Å²) in [6.07, 6.45) is -3.33. The second kappa shape index (κ2) is 5.31. The first kappa shape index (κ1) is 15.6. The number of hydrogen-bond acceptors (Lipinski definition) is 2. The Morgan fingerprint density at radius 1 is 0.920 bits per heavy atom. The molecule has 0 radical (unpaired) electrons. The predicted molar refractivity (Wildman–Crippen MR) is 91.3 cm³/mol. The maximum Gasteiger partial charge on any atom is 0.419 e. The number of nitrogens with one attached hydrogen (secondary N) is 1. The molecule has 3 nitrogen and oxygen atoms in total. The van der Waals surface area contributed by atoms with Crippen molar-refractivity contribution in [2.24, 2.45) is 0 Å². The Hall–Kier alpha value is -2.89. The largest absolute Gasteiger partial charge is 0.419 e. The highest BCUT2D eigenvalue weighted by molar-refractivity contribution is 6.05. The molecular weight excluding hydrogens is 327 g/mol. The molecule has 126 valence electrons. The number of nitrogens with zero attached hydrogens (tertiary/aromatic N) is 2. The molecule has 0 bridgehead atoms. The normalized spacial score (nSPS) is 12.2. The summed E-state index contributed by atoms with van der Waals surface area (Å²) in [6, 6.07) is 10.3. The van der Waals surface area contributed by atoms with Gasteiger partial charge in [0.15, 0.2) is 0 Å². The fourth-order valence-corrected chi connectivity index (χ4v) is 3.19. The Bertz CT molecular complexity index is 1110. The topological polar surface area (TPSA) is 41.6 Å². The van der Waals surface area contributed by atoms with Crippen LogP contribution in [0, 0.1) is 13.8 Å². The molecule has 2 aromatic heterocycles. The minimum Gasteiger partial charge on any atom is -0.357 e. The van der Waals surface area contributed by atoms with E-state index in [0.29, 0.717) is 22.2 Å². The van der Waals surface area contributed by atoms with Gasteiger partial charge in [0.2, 0.25) is 0 Å². The third-order valence-corrected chi connectivity index (χ3v) is 4.27. The molecule has 0 saturated heterocycles. The summed E-state index contributed by atoms with van der Waals surface area (Å²) in [5, 5.41) is 1.06. The minimum atomic E-state index is -4.51. The Kier molecular flexibility index (Phi) is 3.32. The van der Waals surface area contributed by atoms with Crippen molar-refractivity contribution in [2.45, 2.75) is 20.0 Å². The van der Waals surface area contributed by atoms with Crippen molar-refractivity contribution in [1.82, 2.24) is 15.0 Å². The van der Waals surface area contributed by atoms with Gasteiger partial charge in [0.25, 0.3) is 0 Å². The molecular formula is C19H14F3N3. The number of halogens is 3. The molecule has 2 aromatic carbocycles. The van der Waals surface area contributed by atoms with Gasteiger partial charge in [0, 0.05) is 11.1 Å². The van der Waals surface area contributed by atoms with Gasteiger partial charge in [-0.05, 0) is 42.8 Å². The van der Waals surface area contributed by atoms with Crippen molar-refractivity contribution in [1.29, 1.82) is 0 Å². The highest BCUT2D eigenvalue weighted by Crippen LogP contribution is 2.41. The Balaban J connectivity index is 2.19. The average Bonchev–Trinajstić information content (AvgIpc) is 2.97. The Morgan fingerprint density at radius 2 is 1.72 bits per heavy atom. The highest BCUT2D eigenvalue weighted by atomic mass is 19.4. The molecule has 0 fully saturated rings. The van der Waals surface area contributed by atoms with Gasteiger partial charge in [0.05, 0.1) is 22.5 Å². The van der Waals surface area contributed by atoms with Crippen LogP contribution in [0.3, 0.4) is 0 Å². The molecule has 2 heterocycles. The van der Waals surface area contributed by atoms with Crippen LogP contribution in [0.4, 0.5) is 13.2 Å². The second-order valence-corrected chi connectivity index (χ2v) is 6.15.